The van der Waals surface area contributed by atoms with Crippen LogP contribution in [0, 0.1) is 0 Å². The molecule has 1 aromatic heterocycles. The Kier molecular flexibility index (Phi) is 5.48. The molecule has 1 aliphatic rings. The van der Waals surface area contributed by atoms with Crippen molar-refractivity contribution in [1.29, 1.82) is 0 Å². The van der Waals surface area contributed by atoms with E-state index in [0.29, 0.717) is 12.6 Å². The third-order valence-corrected chi connectivity index (χ3v) is 4.93. The first-order chi connectivity index (χ1) is 10.9. The second kappa shape index (κ2) is 7.76. The molecule has 1 unspecified atom stereocenters. The van der Waals surface area contributed by atoms with Crippen LogP contribution < -0.4 is 5.73 Å². The van der Waals surface area contributed by atoms with Crippen molar-refractivity contribution in [2.24, 2.45) is 5.73 Å². The quantitative estimate of drug-likeness (QED) is 0.829. The van der Waals surface area contributed by atoms with Crippen molar-refractivity contribution in [1.82, 2.24) is 14.8 Å². The van der Waals surface area contributed by atoms with Gasteiger partial charge in [0.1, 0.15) is 5.82 Å². The number of rotatable bonds is 6. The van der Waals surface area contributed by atoms with Gasteiger partial charge in [-0.15, -0.1) is 10.2 Å². The zero-order valence-electron chi connectivity index (χ0n) is 12.6. The van der Waals surface area contributed by atoms with Crippen molar-refractivity contribution < 1.29 is 4.74 Å². The van der Waals surface area contributed by atoms with Crippen molar-refractivity contribution in [2.45, 2.75) is 43.6 Å². The first kappa shape index (κ1) is 15.5. The molecule has 2 aromatic rings. The highest BCUT2D eigenvalue weighted by Crippen LogP contribution is 2.23. The Hall–Kier alpha value is -1.37. The van der Waals surface area contributed by atoms with Crippen molar-refractivity contribution in [2.75, 3.05) is 12.4 Å². The van der Waals surface area contributed by atoms with Crippen LogP contribution in [0.4, 0.5) is 0 Å². The highest BCUT2D eigenvalue weighted by molar-refractivity contribution is 7.99. The van der Waals surface area contributed by atoms with Gasteiger partial charge in [0.05, 0.1) is 19.2 Å². The van der Waals surface area contributed by atoms with E-state index in [4.69, 9.17) is 10.5 Å². The van der Waals surface area contributed by atoms with E-state index in [2.05, 4.69) is 26.9 Å². The SMILES string of the molecule is NCc1nnc(SCC2CCCCO2)n1Cc1ccccc1. The number of hydrogen-bond donors (Lipinski definition) is 1. The molecule has 0 aliphatic carbocycles. The molecular formula is C16H22N4OS. The lowest BCUT2D eigenvalue weighted by molar-refractivity contribution is 0.0315. The van der Waals surface area contributed by atoms with Crippen LogP contribution >= 0.6 is 11.8 Å². The number of hydrogen-bond acceptors (Lipinski definition) is 5. The number of nitrogens with two attached hydrogens (primary N) is 1. The third-order valence-electron chi connectivity index (χ3n) is 3.83. The van der Waals surface area contributed by atoms with Crippen molar-refractivity contribution in [3.05, 3.63) is 41.7 Å². The molecule has 22 heavy (non-hydrogen) atoms. The Labute approximate surface area is 135 Å². The van der Waals surface area contributed by atoms with E-state index in [0.717, 1.165) is 36.3 Å². The van der Waals surface area contributed by atoms with Gasteiger partial charge in [-0.2, -0.15) is 0 Å². The molecule has 118 valence electrons. The molecule has 1 saturated heterocycles. The zero-order valence-corrected chi connectivity index (χ0v) is 13.5. The van der Waals surface area contributed by atoms with Gasteiger partial charge >= 0.3 is 0 Å². The standard InChI is InChI=1S/C16H22N4OS/c17-10-15-18-19-16(22-12-14-8-4-5-9-21-14)20(15)11-13-6-2-1-3-7-13/h1-3,6-7,14H,4-5,8-12,17H2. The minimum absolute atomic E-state index is 0.335. The number of aromatic nitrogens is 3. The smallest absolute Gasteiger partial charge is 0.191 e. The summed E-state index contributed by atoms with van der Waals surface area (Å²) in [5, 5.41) is 9.46. The molecule has 0 bridgehead atoms. The van der Waals surface area contributed by atoms with Crippen LogP contribution in [0.1, 0.15) is 30.7 Å². The molecule has 0 saturated carbocycles. The van der Waals surface area contributed by atoms with Gasteiger partial charge < -0.3 is 15.0 Å². The van der Waals surface area contributed by atoms with Gasteiger partial charge in [-0.3, -0.25) is 0 Å². The highest BCUT2D eigenvalue weighted by Gasteiger charge is 2.17. The van der Waals surface area contributed by atoms with E-state index in [9.17, 15) is 0 Å². The fourth-order valence-corrected chi connectivity index (χ4v) is 3.63. The predicted octanol–water partition coefficient (Wildman–Crippen LogP) is 2.45. The van der Waals surface area contributed by atoms with Gasteiger partial charge in [0.25, 0.3) is 0 Å². The Morgan fingerprint density at radius 3 is 2.82 bits per heavy atom. The Morgan fingerprint density at radius 1 is 1.23 bits per heavy atom. The molecule has 0 amide bonds. The lowest BCUT2D eigenvalue weighted by Crippen LogP contribution is -2.21. The summed E-state index contributed by atoms with van der Waals surface area (Å²) < 4.78 is 7.90. The molecule has 0 spiro atoms. The molecule has 1 aliphatic heterocycles. The predicted molar refractivity (Wildman–Crippen MR) is 87.8 cm³/mol. The first-order valence-electron chi connectivity index (χ1n) is 7.77. The maximum absolute atomic E-state index is 5.80. The average Bonchev–Trinajstić information content (AvgIpc) is 2.97. The van der Waals surface area contributed by atoms with E-state index in [-0.39, 0.29) is 0 Å². The number of nitrogens with zero attached hydrogens (tertiary/aromatic N) is 3. The van der Waals surface area contributed by atoms with E-state index in [1.165, 1.54) is 18.4 Å². The normalized spacial score (nSPS) is 18.5. The monoisotopic (exact) mass is 318 g/mol. The van der Waals surface area contributed by atoms with Crippen LogP contribution in [-0.2, 0) is 17.8 Å². The number of benzene rings is 1. The Bertz CT molecular complexity index is 581. The summed E-state index contributed by atoms with van der Waals surface area (Å²) in [5.74, 6) is 1.76. The maximum Gasteiger partial charge on any atom is 0.191 e. The molecule has 3 rings (SSSR count). The Balaban J connectivity index is 1.69. The number of thioether (sulfide) groups is 1. The molecular weight excluding hydrogens is 296 g/mol. The van der Waals surface area contributed by atoms with Crippen LogP contribution in [0.3, 0.4) is 0 Å². The molecule has 0 radical (unpaired) electrons. The maximum atomic E-state index is 5.80. The van der Waals surface area contributed by atoms with Crippen LogP contribution in [0.2, 0.25) is 0 Å². The molecule has 1 aromatic carbocycles. The summed E-state index contributed by atoms with van der Waals surface area (Å²) in [6.07, 6.45) is 3.92. The fraction of sp³-hybridized carbons (Fsp3) is 0.500. The van der Waals surface area contributed by atoms with E-state index >= 15 is 0 Å². The summed E-state index contributed by atoms with van der Waals surface area (Å²) in [6, 6.07) is 10.3. The first-order valence-corrected chi connectivity index (χ1v) is 8.76. The minimum atomic E-state index is 0.335. The second-order valence-corrected chi connectivity index (χ2v) is 6.46. The van der Waals surface area contributed by atoms with Crippen LogP contribution in [-0.4, -0.2) is 33.2 Å². The summed E-state index contributed by atoms with van der Waals surface area (Å²) in [7, 11) is 0. The molecule has 6 heteroatoms. The summed E-state index contributed by atoms with van der Waals surface area (Å²) >= 11 is 1.72. The Morgan fingerprint density at radius 2 is 2.09 bits per heavy atom. The second-order valence-electron chi connectivity index (χ2n) is 5.47. The van der Waals surface area contributed by atoms with Gasteiger partial charge in [-0.25, -0.2) is 0 Å². The van der Waals surface area contributed by atoms with Crippen LogP contribution in [0.25, 0.3) is 0 Å². The summed E-state index contributed by atoms with van der Waals surface area (Å²) in [4.78, 5) is 0. The van der Waals surface area contributed by atoms with Gasteiger partial charge in [0.2, 0.25) is 0 Å². The minimum Gasteiger partial charge on any atom is -0.377 e. The van der Waals surface area contributed by atoms with Crippen molar-refractivity contribution >= 4 is 11.8 Å². The average molecular weight is 318 g/mol. The highest BCUT2D eigenvalue weighted by atomic mass is 32.2. The van der Waals surface area contributed by atoms with Crippen LogP contribution in [0.5, 0.6) is 0 Å². The largest absolute Gasteiger partial charge is 0.377 e. The molecule has 2 N–H and O–H groups in total. The molecule has 5 nitrogen and oxygen atoms in total. The van der Waals surface area contributed by atoms with Gasteiger partial charge in [0.15, 0.2) is 5.16 Å². The number of ether oxygens (including phenoxy) is 1. The lowest BCUT2D eigenvalue weighted by Gasteiger charge is -2.21. The van der Waals surface area contributed by atoms with Gasteiger partial charge in [0, 0.05) is 12.4 Å². The van der Waals surface area contributed by atoms with Gasteiger partial charge in [-0.05, 0) is 24.8 Å². The fourth-order valence-electron chi connectivity index (χ4n) is 2.61. The third kappa shape index (κ3) is 3.88. The van der Waals surface area contributed by atoms with E-state index < -0.39 is 0 Å². The van der Waals surface area contributed by atoms with Crippen molar-refractivity contribution in [3.8, 4) is 0 Å². The molecule has 1 atom stereocenters. The van der Waals surface area contributed by atoms with E-state index in [1.54, 1.807) is 11.8 Å². The topological polar surface area (TPSA) is 66.0 Å². The lowest BCUT2D eigenvalue weighted by atomic mass is 10.1. The zero-order chi connectivity index (χ0) is 15.2. The summed E-state index contributed by atoms with van der Waals surface area (Å²) in [5.41, 5.74) is 7.03. The van der Waals surface area contributed by atoms with E-state index in [1.807, 2.05) is 18.2 Å². The van der Waals surface area contributed by atoms with Gasteiger partial charge in [-0.1, -0.05) is 42.1 Å². The van der Waals surface area contributed by atoms with Crippen LogP contribution in [0.15, 0.2) is 35.5 Å². The molecule has 1 fully saturated rings. The van der Waals surface area contributed by atoms with Crippen molar-refractivity contribution in [3.63, 3.8) is 0 Å². The molecule has 2 heterocycles. The summed E-state index contributed by atoms with van der Waals surface area (Å²) in [6.45, 7) is 2.05.